The molecule has 0 aliphatic carbocycles. The van der Waals surface area contributed by atoms with E-state index in [1.54, 1.807) is 0 Å². The van der Waals surface area contributed by atoms with Crippen LogP contribution in [0.5, 0.6) is 0 Å². The van der Waals surface area contributed by atoms with Gasteiger partial charge in [-0.25, -0.2) is 4.39 Å². The van der Waals surface area contributed by atoms with Crippen LogP contribution in [0.4, 0.5) is 10.1 Å². The van der Waals surface area contributed by atoms with E-state index in [-0.39, 0.29) is 5.82 Å². The van der Waals surface area contributed by atoms with Gasteiger partial charge in [-0.05, 0) is 47.4 Å². The highest BCUT2D eigenvalue weighted by Crippen LogP contribution is 2.29. The number of benzene rings is 2. The highest BCUT2D eigenvalue weighted by molar-refractivity contribution is 5.52. The molecule has 0 N–H and O–H groups in total. The van der Waals surface area contributed by atoms with Crippen LogP contribution in [0.2, 0.25) is 0 Å². The van der Waals surface area contributed by atoms with Gasteiger partial charge in [0.1, 0.15) is 5.82 Å². The second kappa shape index (κ2) is 5.34. The summed E-state index contributed by atoms with van der Waals surface area (Å²) in [6, 6.07) is 15.2. The van der Waals surface area contributed by atoms with Crippen LogP contribution in [-0.4, -0.2) is 0 Å². The number of hydrogen-bond donors (Lipinski definition) is 0. The lowest BCUT2D eigenvalue weighted by Gasteiger charge is -2.17. The molecule has 0 fully saturated rings. The van der Waals surface area contributed by atoms with Crippen molar-refractivity contribution >= 4 is 5.69 Å². The Balaban J connectivity index is 1.78. The van der Waals surface area contributed by atoms with Crippen LogP contribution in [0.1, 0.15) is 23.1 Å². The van der Waals surface area contributed by atoms with Crippen LogP contribution in [0, 0.1) is 17.1 Å². The molecule has 2 nitrogen and oxygen atoms in total. The lowest BCUT2D eigenvalue weighted by Crippen LogP contribution is -2.14. The fraction of sp³-hybridized carbons (Fsp3) is 0.235. The average Bonchev–Trinajstić information content (AvgIpc) is 2.89. The highest BCUT2D eigenvalue weighted by atomic mass is 19.1. The summed E-state index contributed by atoms with van der Waals surface area (Å²) < 4.78 is 13.0. The molecule has 2 aromatic rings. The summed E-state index contributed by atoms with van der Waals surface area (Å²) in [5, 5.41) is 8.65. The molecule has 20 heavy (non-hydrogen) atoms. The zero-order chi connectivity index (χ0) is 13.9. The van der Waals surface area contributed by atoms with Crippen LogP contribution in [-0.2, 0) is 19.5 Å². The molecule has 1 aliphatic heterocycles. The van der Waals surface area contributed by atoms with Gasteiger partial charge in [0.25, 0.3) is 0 Å². The Bertz CT molecular complexity index is 656. The number of nitrogens with zero attached hydrogens (tertiary/aromatic N) is 2. The van der Waals surface area contributed by atoms with Gasteiger partial charge in [0.15, 0.2) is 0 Å². The van der Waals surface area contributed by atoms with Gasteiger partial charge in [-0.15, -0.1) is 0 Å². The average molecular weight is 266 g/mol. The Hall–Kier alpha value is -2.34. The van der Waals surface area contributed by atoms with Gasteiger partial charge in [0.2, 0.25) is 0 Å². The van der Waals surface area contributed by atoms with Crippen LogP contribution in [0.25, 0.3) is 0 Å². The normalized spacial score (nSPS) is 13.1. The first kappa shape index (κ1) is 12.7. The molecule has 1 aliphatic rings. The summed E-state index contributed by atoms with van der Waals surface area (Å²) in [6.07, 6.45) is 1.36. The van der Waals surface area contributed by atoms with E-state index in [0.29, 0.717) is 6.42 Å². The first-order valence-electron chi connectivity index (χ1n) is 6.74. The third-order valence-corrected chi connectivity index (χ3v) is 3.71. The van der Waals surface area contributed by atoms with E-state index in [9.17, 15) is 4.39 Å². The second-order valence-electron chi connectivity index (χ2n) is 5.09. The Morgan fingerprint density at radius 2 is 1.80 bits per heavy atom. The quantitative estimate of drug-likeness (QED) is 0.844. The third-order valence-electron chi connectivity index (χ3n) is 3.71. The van der Waals surface area contributed by atoms with Crippen LogP contribution in [0.15, 0.2) is 42.5 Å². The summed E-state index contributed by atoms with van der Waals surface area (Å²) in [7, 11) is 0. The molecular weight excluding hydrogens is 251 g/mol. The molecular formula is C17H15FN2. The fourth-order valence-corrected chi connectivity index (χ4v) is 2.64. The standard InChI is InChI=1S/C17H15FN2/c18-16-5-7-17(8-6-16)20-11-14-4-3-13(2-1-9-19)10-15(14)12-20/h3-8,10H,1-2,11-12H2. The van der Waals surface area contributed by atoms with Crippen molar-refractivity contribution in [2.75, 3.05) is 4.90 Å². The number of rotatable bonds is 3. The summed E-state index contributed by atoms with van der Waals surface area (Å²) in [4.78, 5) is 2.23. The number of hydrogen-bond acceptors (Lipinski definition) is 2. The Kier molecular flexibility index (Phi) is 3.39. The Labute approximate surface area is 118 Å². The van der Waals surface area contributed by atoms with Crippen molar-refractivity contribution in [3.05, 3.63) is 65.0 Å². The molecule has 0 amide bonds. The topological polar surface area (TPSA) is 27.0 Å². The predicted octanol–water partition coefficient (Wildman–Crippen LogP) is 3.80. The lowest BCUT2D eigenvalue weighted by atomic mass is 10.0. The van der Waals surface area contributed by atoms with E-state index >= 15 is 0 Å². The Morgan fingerprint density at radius 1 is 1.05 bits per heavy atom. The number of nitriles is 1. The van der Waals surface area contributed by atoms with Crippen molar-refractivity contribution in [3.63, 3.8) is 0 Å². The zero-order valence-corrected chi connectivity index (χ0v) is 11.1. The molecule has 0 aromatic heterocycles. The number of halogens is 1. The van der Waals surface area contributed by atoms with E-state index in [1.807, 2.05) is 12.1 Å². The highest BCUT2D eigenvalue weighted by Gasteiger charge is 2.19. The maximum Gasteiger partial charge on any atom is 0.123 e. The SMILES string of the molecule is N#CCCc1ccc2c(c1)CN(c1ccc(F)cc1)C2. The third kappa shape index (κ3) is 2.50. The summed E-state index contributed by atoms with van der Waals surface area (Å²) in [5.74, 6) is -0.204. The Morgan fingerprint density at radius 3 is 2.55 bits per heavy atom. The van der Waals surface area contributed by atoms with Gasteiger partial charge in [-0.3, -0.25) is 0 Å². The molecule has 1 heterocycles. The van der Waals surface area contributed by atoms with E-state index in [1.165, 1.54) is 28.8 Å². The fourth-order valence-electron chi connectivity index (χ4n) is 2.64. The van der Waals surface area contributed by atoms with Crippen LogP contribution < -0.4 is 4.90 Å². The smallest absolute Gasteiger partial charge is 0.123 e. The molecule has 100 valence electrons. The molecule has 0 saturated heterocycles. The summed E-state index contributed by atoms with van der Waals surface area (Å²) in [6.45, 7) is 1.71. The molecule has 0 spiro atoms. The van der Waals surface area contributed by atoms with Gasteiger partial charge >= 0.3 is 0 Å². The van der Waals surface area contributed by atoms with Crippen molar-refractivity contribution < 1.29 is 4.39 Å². The lowest BCUT2D eigenvalue weighted by molar-refractivity contribution is 0.627. The van der Waals surface area contributed by atoms with Crippen LogP contribution >= 0.6 is 0 Å². The molecule has 0 atom stereocenters. The number of fused-ring (bicyclic) bond motifs is 1. The van der Waals surface area contributed by atoms with Crippen molar-refractivity contribution in [1.82, 2.24) is 0 Å². The molecule has 3 rings (SSSR count). The van der Waals surface area contributed by atoms with Crippen LogP contribution in [0.3, 0.4) is 0 Å². The van der Waals surface area contributed by atoms with Crippen molar-refractivity contribution in [2.45, 2.75) is 25.9 Å². The van der Waals surface area contributed by atoms with Crippen molar-refractivity contribution in [1.29, 1.82) is 5.26 Å². The predicted molar refractivity (Wildman–Crippen MR) is 76.7 cm³/mol. The minimum atomic E-state index is -0.204. The molecule has 0 radical (unpaired) electrons. The molecule has 3 heteroatoms. The molecule has 0 unspecified atom stereocenters. The molecule has 0 saturated carbocycles. The maximum atomic E-state index is 13.0. The largest absolute Gasteiger partial charge is 0.363 e. The monoisotopic (exact) mass is 266 g/mol. The maximum absolute atomic E-state index is 13.0. The first-order valence-corrected chi connectivity index (χ1v) is 6.74. The first-order chi connectivity index (χ1) is 9.76. The minimum Gasteiger partial charge on any atom is -0.363 e. The van der Waals surface area contributed by atoms with Gasteiger partial charge < -0.3 is 4.90 Å². The summed E-state index contributed by atoms with van der Waals surface area (Å²) >= 11 is 0. The van der Waals surface area contributed by atoms with Gasteiger partial charge in [-0.1, -0.05) is 18.2 Å². The van der Waals surface area contributed by atoms with Crippen molar-refractivity contribution in [3.8, 4) is 6.07 Å². The van der Waals surface area contributed by atoms with Gasteiger partial charge in [-0.2, -0.15) is 5.26 Å². The van der Waals surface area contributed by atoms with E-state index in [2.05, 4.69) is 29.2 Å². The minimum absolute atomic E-state index is 0.204. The van der Waals surface area contributed by atoms with E-state index < -0.39 is 0 Å². The molecule has 0 bridgehead atoms. The summed E-state index contributed by atoms with van der Waals surface area (Å²) in [5.41, 5.74) is 4.88. The zero-order valence-electron chi connectivity index (χ0n) is 11.1. The van der Waals surface area contributed by atoms with Crippen molar-refractivity contribution in [2.24, 2.45) is 0 Å². The van der Waals surface area contributed by atoms with E-state index in [0.717, 1.165) is 25.2 Å². The van der Waals surface area contributed by atoms with Gasteiger partial charge in [0.05, 0.1) is 6.07 Å². The molecule has 2 aromatic carbocycles. The van der Waals surface area contributed by atoms with Gasteiger partial charge in [0, 0.05) is 25.2 Å². The number of aryl methyl sites for hydroxylation is 1. The second-order valence-corrected chi connectivity index (χ2v) is 5.09. The van der Waals surface area contributed by atoms with E-state index in [4.69, 9.17) is 5.26 Å². The number of anilines is 1.